The molecule has 4 atom stereocenters. The molecule has 0 aliphatic heterocycles. The van der Waals surface area contributed by atoms with Gasteiger partial charge in [-0.1, -0.05) is 185 Å². The number of aliphatic hydroxyl groups excluding tert-OH is 2. The van der Waals surface area contributed by atoms with E-state index >= 15 is 0 Å². The van der Waals surface area contributed by atoms with Gasteiger partial charge in [-0.3, -0.25) is 23.2 Å². The van der Waals surface area contributed by atoms with E-state index in [2.05, 4.69) is 54.1 Å². The molecule has 0 spiro atoms. The largest absolute Gasteiger partial charge is 0.472 e. The Morgan fingerprint density at radius 3 is 1.64 bits per heavy atom. The lowest BCUT2D eigenvalue weighted by molar-refractivity contribution is -0.161. The fourth-order valence-electron chi connectivity index (χ4n) is 6.52. The van der Waals surface area contributed by atoms with Crippen molar-refractivity contribution in [1.82, 2.24) is 0 Å². The third kappa shape index (κ3) is 46.6. The Kier molecular flexibility index (Phi) is 41.1. The van der Waals surface area contributed by atoms with Crippen LogP contribution in [0.5, 0.6) is 0 Å². The molecule has 0 saturated heterocycles. The van der Waals surface area contributed by atoms with Gasteiger partial charge in [-0.05, 0) is 50.9 Å². The minimum atomic E-state index is -4.88. The van der Waals surface area contributed by atoms with Crippen LogP contribution < -0.4 is 0 Å². The summed E-state index contributed by atoms with van der Waals surface area (Å²) in [5.74, 6) is -0.414. The highest BCUT2D eigenvalue weighted by molar-refractivity contribution is 7.47. The molecule has 0 bridgehead atoms. The van der Waals surface area contributed by atoms with Gasteiger partial charge in [-0.2, -0.15) is 0 Å². The Morgan fingerprint density at radius 2 is 1.06 bits per heavy atom. The first-order chi connectivity index (χ1) is 30.6. The number of esters is 2. The molecule has 0 radical (unpaired) electrons. The summed E-state index contributed by atoms with van der Waals surface area (Å²) < 4.78 is 47.8. The van der Waals surface area contributed by atoms with Gasteiger partial charge in [0.05, 0.1) is 25.9 Å². The van der Waals surface area contributed by atoms with Crippen LogP contribution in [0.2, 0.25) is 0 Å². The van der Waals surface area contributed by atoms with Crippen LogP contribution in [0, 0.1) is 5.92 Å². The molecule has 0 rings (SSSR count). The van der Waals surface area contributed by atoms with E-state index in [0.29, 0.717) is 19.3 Å². The van der Waals surface area contributed by atoms with Crippen molar-refractivity contribution >= 4 is 27.6 Å². The summed E-state index contributed by atoms with van der Waals surface area (Å²) in [6.07, 6.45) is 39.9. The Labute approximate surface area is 386 Å². The van der Waals surface area contributed by atoms with Gasteiger partial charge in [-0.25, -0.2) is 9.13 Å². The summed E-state index contributed by atoms with van der Waals surface area (Å²) in [5, 5.41) is 20.0. The molecule has 0 saturated carbocycles. The number of aliphatic hydroxyl groups is 2. The first-order valence-corrected chi connectivity index (χ1v) is 27.3. The Morgan fingerprint density at radius 1 is 0.547 bits per heavy atom. The van der Waals surface area contributed by atoms with Crippen molar-refractivity contribution in [3.8, 4) is 0 Å². The highest BCUT2D eigenvalue weighted by Gasteiger charge is 2.28. The van der Waals surface area contributed by atoms with Crippen LogP contribution in [0.3, 0.4) is 0 Å². The van der Waals surface area contributed by atoms with Gasteiger partial charge < -0.3 is 34.4 Å². The van der Waals surface area contributed by atoms with E-state index in [1.807, 2.05) is 12.2 Å². The van der Waals surface area contributed by atoms with Crippen molar-refractivity contribution in [3.05, 3.63) is 48.6 Å². The van der Waals surface area contributed by atoms with Crippen LogP contribution in [-0.2, 0) is 41.8 Å². The maximum atomic E-state index is 12.7. The number of unbranched alkanes of at least 4 members (excludes halogenated alkanes) is 18. The fraction of sp³-hybridized carbons (Fsp3) is 0.792. The molecule has 0 heterocycles. The zero-order valence-corrected chi connectivity index (χ0v) is 41.4. The SMILES string of the molecule is CCCCC/C=C\C/C=C\C/C=C\C=C\[C@@H](O)CCCC(=O)OC[C@H](COP(=O)(O)OC[C@@H](O)COP(=O)(O)O)OC(=O)CCCCCCCCCCCCCCCCCCC(C)C. The molecule has 0 aromatic rings. The first-order valence-electron chi connectivity index (χ1n) is 24.3. The Balaban J connectivity index is 4.60. The van der Waals surface area contributed by atoms with Crippen molar-refractivity contribution in [2.75, 3.05) is 26.4 Å². The zero-order valence-electron chi connectivity index (χ0n) is 39.7. The van der Waals surface area contributed by atoms with E-state index in [0.717, 1.165) is 50.9 Å². The lowest BCUT2D eigenvalue weighted by Crippen LogP contribution is -2.30. The summed E-state index contributed by atoms with van der Waals surface area (Å²) in [4.78, 5) is 52.9. The first kappa shape index (κ1) is 62.0. The third-order valence-corrected chi connectivity index (χ3v) is 11.7. The topological polar surface area (TPSA) is 216 Å². The van der Waals surface area contributed by atoms with Crippen LogP contribution in [0.15, 0.2) is 48.6 Å². The van der Waals surface area contributed by atoms with Crippen molar-refractivity contribution in [2.24, 2.45) is 5.92 Å². The van der Waals surface area contributed by atoms with E-state index in [4.69, 9.17) is 23.8 Å². The monoisotopic (exact) mass is 951 g/mol. The van der Waals surface area contributed by atoms with E-state index in [1.54, 1.807) is 12.2 Å². The van der Waals surface area contributed by atoms with Gasteiger partial charge >= 0.3 is 27.6 Å². The summed E-state index contributed by atoms with van der Waals surface area (Å²) in [5.41, 5.74) is 0. The van der Waals surface area contributed by atoms with Gasteiger partial charge in [0.2, 0.25) is 0 Å². The van der Waals surface area contributed by atoms with Crippen molar-refractivity contribution in [3.63, 3.8) is 0 Å². The minimum Gasteiger partial charge on any atom is -0.462 e. The molecule has 14 nitrogen and oxygen atoms in total. The molecule has 0 amide bonds. The van der Waals surface area contributed by atoms with Gasteiger partial charge in [-0.15, -0.1) is 0 Å². The molecule has 0 fully saturated rings. The molecule has 0 aromatic carbocycles. The summed E-state index contributed by atoms with van der Waals surface area (Å²) in [7, 11) is -9.74. The number of carbonyl (C=O) groups is 2. The number of allylic oxidation sites excluding steroid dienone is 7. The van der Waals surface area contributed by atoms with Gasteiger partial charge in [0.25, 0.3) is 0 Å². The second-order valence-corrected chi connectivity index (χ2v) is 19.8. The number of phosphoric ester groups is 2. The fourth-order valence-corrected chi connectivity index (χ4v) is 7.67. The van der Waals surface area contributed by atoms with E-state index in [9.17, 15) is 33.8 Å². The number of hydrogen-bond donors (Lipinski definition) is 5. The molecule has 1 unspecified atom stereocenters. The molecule has 0 aromatic heterocycles. The second kappa shape index (κ2) is 42.4. The Bertz CT molecular complexity index is 1350. The van der Waals surface area contributed by atoms with Crippen LogP contribution >= 0.6 is 15.6 Å². The van der Waals surface area contributed by atoms with E-state index in [-0.39, 0.29) is 12.8 Å². The highest BCUT2D eigenvalue weighted by Crippen LogP contribution is 2.44. The number of phosphoric acid groups is 2. The molecule has 16 heteroatoms. The summed E-state index contributed by atoms with van der Waals surface area (Å²) in [6, 6.07) is 0. The maximum absolute atomic E-state index is 12.7. The van der Waals surface area contributed by atoms with Crippen LogP contribution in [0.1, 0.15) is 194 Å². The normalized spacial score (nSPS) is 14.9. The molecule has 0 aliphatic carbocycles. The smallest absolute Gasteiger partial charge is 0.462 e. The molecule has 64 heavy (non-hydrogen) atoms. The van der Waals surface area contributed by atoms with Gasteiger partial charge in [0.15, 0.2) is 6.10 Å². The van der Waals surface area contributed by atoms with Crippen molar-refractivity contribution in [2.45, 2.75) is 212 Å². The average molecular weight is 951 g/mol. The number of hydrogen-bond acceptors (Lipinski definition) is 11. The molecule has 5 N–H and O–H groups in total. The van der Waals surface area contributed by atoms with Crippen LogP contribution in [-0.4, -0.2) is 81.6 Å². The number of carbonyl (C=O) groups excluding carboxylic acids is 2. The van der Waals surface area contributed by atoms with Crippen LogP contribution in [0.25, 0.3) is 0 Å². The second-order valence-electron chi connectivity index (χ2n) is 17.1. The van der Waals surface area contributed by atoms with E-state index in [1.165, 1.54) is 96.3 Å². The molecule has 374 valence electrons. The maximum Gasteiger partial charge on any atom is 0.472 e. The van der Waals surface area contributed by atoms with Crippen molar-refractivity contribution in [1.29, 1.82) is 0 Å². The molecular formula is C48H88O14P2. The zero-order chi connectivity index (χ0) is 47.6. The standard InChI is InChI=1S/C48H88O14P2/c1-4-5-6-7-8-9-10-15-19-22-25-28-31-35-44(49)36-33-38-47(51)58-41-46(42-61-64(56,57)60-40-45(50)39-59-63(53,54)55)62-48(52)37-32-29-26-23-20-17-14-12-11-13-16-18-21-24-27-30-34-43(2)3/h8-9,15,19,25,28,31,35,43-46,49-50H,4-7,10-14,16-18,20-24,26-27,29-30,32-34,36-42H2,1-3H3,(H,56,57)(H2,53,54,55)/b9-8-,19-15-,28-25-,35-31+/t44-,45+,46-/m1/s1. The Hall–Kier alpha value is -1.96. The molecular weight excluding hydrogens is 862 g/mol. The number of rotatable bonds is 45. The average Bonchev–Trinajstić information content (AvgIpc) is 3.24. The lowest BCUT2D eigenvalue weighted by atomic mass is 10.0. The number of ether oxygens (including phenoxy) is 2. The third-order valence-electron chi connectivity index (χ3n) is 10.2. The van der Waals surface area contributed by atoms with E-state index < -0.39 is 72.3 Å². The van der Waals surface area contributed by atoms with Gasteiger partial charge in [0, 0.05) is 12.8 Å². The minimum absolute atomic E-state index is 0.0326. The lowest BCUT2D eigenvalue weighted by Gasteiger charge is -2.20. The predicted molar refractivity (Wildman–Crippen MR) is 254 cm³/mol. The summed E-state index contributed by atoms with van der Waals surface area (Å²) >= 11 is 0. The van der Waals surface area contributed by atoms with Crippen LogP contribution in [0.4, 0.5) is 0 Å². The summed E-state index contributed by atoms with van der Waals surface area (Å²) in [6.45, 7) is 3.88. The molecule has 0 aliphatic rings. The quantitative estimate of drug-likeness (QED) is 0.0126. The predicted octanol–water partition coefficient (Wildman–Crippen LogP) is 11.8. The van der Waals surface area contributed by atoms with Gasteiger partial charge in [0.1, 0.15) is 12.7 Å². The highest BCUT2D eigenvalue weighted by atomic mass is 31.2. The van der Waals surface area contributed by atoms with Crippen molar-refractivity contribution < 1.29 is 66.7 Å².